The minimum atomic E-state index is -0.695. The normalized spacial score (nSPS) is 29.7. The van der Waals surface area contributed by atoms with Crippen LogP contribution in [0.5, 0.6) is 0 Å². The van der Waals surface area contributed by atoms with E-state index in [1.807, 2.05) is 0 Å². The fraction of sp³-hybridized carbons (Fsp3) is 0.625. The summed E-state index contributed by atoms with van der Waals surface area (Å²) in [5, 5.41) is 8.70. The fourth-order valence-corrected chi connectivity index (χ4v) is 5.07. The Labute approximate surface area is 158 Å². The van der Waals surface area contributed by atoms with Crippen LogP contribution in [-0.4, -0.2) is 11.1 Å². The molecule has 1 N–H and O–H groups in total. The van der Waals surface area contributed by atoms with Gasteiger partial charge in [-0.25, -0.2) is 0 Å². The summed E-state index contributed by atoms with van der Waals surface area (Å²) in [7, 11) is 0. The van der Waals surface area contributed by atoms with Gasteiger partial charge < -0.3 is 5.11 Å². The highest BCUT2D eigenvalue weighted by Gasteiger charge is 2.30. The summed E-state index contributed by atoms with van der Waals surface area (Å²) in [6.45, 7) is 2.17. The van der Waals surface area contributed by atoms with Crippen LogP contribution in [0.15, 0.2) is 36.4 Å². The molecule has 0 spiro atoms. The Bertz CT molecular complexity index is 585. The van der Waals surface area contributed by atoms with E-state index in [9.17, 15) is 4.79 Å². The van der Waals surface area contributed by atoms with Crippen molar-refractivity contribution >= 4 is 5.97 Å². The van der Waals surface area contributed by atoms with Crippen LogP contribution in [0, 0.1) is 24.7 Å². The number of aryl methyl sites for hydroxylation is 1. The van der Waals surface area contributed by atoms with Crippen molar-refractivity contribution < 1.29 is 9.90 Å². The Hall–Kier alpha value is -1.57. The topological polar surface area (TPSA) is 37.3 Å². The van der Waals surface area contributed by atoms with Crippen molar-refractivity contribution in [3.63, 3.8) is 0 Å². The van der Waals surface area contributed by atoms with Crippen molar-refractivity contribution in [2.75, 3.05) is 0 Å². The van der Waals surface area contributed by atoms with Gasteiger partial charge in [0.1, 0.15) is 0 Å². The molecule has 2 nitrogen and oxygen atoms in total. The highest BCUT2D eigenvalue weighted by molar-refractivity contribution is 5.66. The molecular formula is C24H34O2. The maximum Gasteiger partial charge on any atom is 0.303 e. The maximum absolute atomic E-state index is 10.6. The second-order valence-corrected chi connectivity index (χ2v) is 8.56. The molecule has 0 radical (unpaired) electrons. The number of hydrogen-bond acceptors (Lipinski definition) is 1. The van der Waals surface area contributed by atoms with Crippen LogP contribution in [0.3, 0.4) is 0 Å². The van der Waals surface area contributed by atoms with E-state index in [0.717, 1.165) is 17.8 Å². The molecule has 142 valence electrons. The molecular weight excluding hydrogens is 320 g/mol. The summed E-state index contributed by atoms with van der Waals surface area (Å²) >= 11 is 0. The van der Waals surface area contributed by atoms with Crippen molar-refractivity contribution in [1.29, 1.82) is 0 Å². The number of rotatable bonds is 6. The van der Waals surface area contributed by atoms with Gasteiger partial charge in [-0.2, -0.15) is 0 Å². The Morgan fingerprint density at radius 1 is 0.962 bits per heavy atom. The van der Waals surface area contributed by atoms with Crippen LogP contribution in [0.1, 0.15) is 81.3 Å². The van der Waals surface area contributed by atoms with E-state index >= 15 is 0 Å². The quantitative estimate of drug-likeness (QED) is 0.592. The average molecular weight is 355 g/mol. The monoisotopic (exact) mass is 354 g/mol. The van der Waals surface area contributed by atoms with Crippen molar-refractivity contribution in [2.24, 2.45) is 17.8 Å². The van der Waals surface area contributed by atoms with Crippen molar-refractivity contribution in [3.05, 3.63) is 47.5 Å². The highest BCUT2D eigenvalue weighted by atomic mass is 16.4. The van der Waals surface area contributed by atoms with Gasteiger partial charge in [0, 0.05) is 6.42 Å². The molecule has 0 aliphatic heterocycles. The number of benzene rings is 1. The zero-order valence-corrected chi connectivity index (χ0v) is 16.2. The molecule has 0 amide bonds. The third-order valence-electron chi connectivity index (χ3n) is 6.74. The van der Waals surface area contributed by atoms with Gasteiger partial charge in [0.15, 0.2) is 0 Å². The SMILES string of the molecule is Cc1ccc(C2CCC(C3CCC(C=CCCC(=O)O)CC3)CC2)cc1. The number of carbonyl (C=O) groups is 1. The number of hydrogen-bond donors (Lipinski definition) is 1. The molecule has 0 heterocycles. The average Bonchev–Trinajstić information content (AvgIpc) is 2.66. The molecule has 0 atom stereocenters. The first-order chi connectivity index (χ1) is 12.6. The fourth-order valence-electron chi connectivity index (χ4n) is 5.07. The molecule has 1 aromatic rings. The summed E-state index contributed by atoms with van der Waals surface area (Å²) in [4.78, 5) is 10.6. The van der Waals surface area contributed by atoms with Crippen molar-refractivity contribution in [3.8, 4) is 0 Å². The van der Waals surface area contributed by atoms with E-state index in [1.54, 1.807) is 5.56 Å². The Kier molecular flexibility index (Phi) is 6.93. The second kappa shape index (κ2) is 9.39. The molecule has 0 unspecified atom stereocenters. The van der Waals surface area contributed by atoms with E-state index < -0.39 is 5.97 Å². The van der Waals surface area contributed by atoms with Crippen LogP contribution in [-0.2, 0) is 4.79 Å². The van der Waals surface area contributed by atoms with Crippen LogP contribution < -0.4 is 0 Å². The first-order valence-corrected chi connectivity index (χ1v) is 10.6. The lowest BCUT2D eigenvalue weighted by Crippen LogP contribution is -2.25. The maximum atomic E-state index is 10.6. The zero-order valence-electron chi connectivity index (χ0n) is 16.2. The van der Waals surface area contributed by atoms with E-state index in [4.69, 9.17) is 5.11 Å². The highest BCUT2D eigenvalue weighted by Crippen LogP contribution is 2.44. The van der Waals surface area contributed by atoms with Gasteiger partial charge in [-0.3, -0.25) is 4.79 Å². The van der Waals surface area contributed by atoms with Gasteiger partial charge in [-0.15, -0.1) is 0 Å². The number of carboxylic acid groups (broad SMARTS) is 1. The van der Waals surface area contributed by atoms with Gasteiger partial charge in [0.2, 0.25) is 0 Å². The molecule has 1 aromatic carbocycles. The van der Waals surface area contributed by atoms with E-state index in [0.29, 0.717) is 12.3 Å². The molecule has 3 rings (SSSR count). The predicted molar refractivity (Wildman–Crippen MR) is 107 cm³/mol. The molecule has 2 fully saturated rings. The van der Waals surface area contributed by atoms with E-state index in [-0.39, 0.29) is 6.42 Å². The molecule has 2 aliphatic rings. The van der Waals surface area contributed by atoms with E-state index in [1.165, 1.54) is 56.9 Å². The predicted octanol–water partition coefficient (Wildman–Crippen LogP) is 6.50. The van der Waals surface area contributed by atoms with Crippen molar-refractivity contribution in [2.45, 2.75) is 77.0 Å². The second-order valence-electron chi connectivity index (χ2n) is 8.56. The lowest BCUT2D eigenvalue weighted by atomic mass is 9.68. The van der Waals surface area contributed by atoms with Crippen LogP contribution in [0.25, 0.3) is 0 Å². The van der Waals surface area contributed by atoms with Crippen LogP contribution >= 0.6 is 0 Å². The van der Waals surface area contributed by atoms with Crippen LogP contribution in [0.2, 0.25) is 0 Å². The largest absolute Gasteiger partial charge is 0.481 e. The molecule has 2 heteroatoms. The zero-order chi connectivity index (χ0) is 18.4. The summed E-state index contributed by atoms with van der Waals surface area (Å²) in [5.74, 6) is 2.63. The lowest BCUT2D eigenvalue weighted by molar-refractivity contribution is -0.136. The number of allylic oxidation sites excluding steroid dienone is 2. The van der Waals surface area contributed by atoms with Crippen LogP contribution in [0.4, 0.5) is 0 Å². The van der Waals surface area contributed by atoms with Gasteiger partial charge >= 0.3 is 5.97 Å². The van der Waals surface area contributed by atoms with Gasteiger partial charge in [-0.1, -0.05) is 42.0 Å². The Morgan fingerprint density at radius 2 is 1.54 bits per heavy atom. The lowest BCUT2D eigenvalue weighted by Gasteiger charge is -2.37. The van der Waals surface area contributed by atoms with Gasteiger partial charge in [-0.05, 0) is 93.9 Å². The third kappa shape index (κ3) is 5.46. The summed E-state index contributed by atoms with van der Waals surface area (Å²) in [6, 6.07) is 9.18. The van der Waals surface area contributed by atoms with Gasteiger partial charge in [0.25, 0.3) is 0 Å². The molecule has 0 aromatic heterocycles. The third-order valence-corrected chi connectivity index (χ3v) is 6.74. The Morgan fingerprint density at radius 3 is 2.12 bits per heavy atom. The van der Waals surface area contributed by atoms with E-state index in [2.05, 4.69) is 43.3 Å². The van der Waals surface area contributed by atoms with Crippen molar-refractivity contribution in [1.82, 2.24) is 0 Å². The minimum Gasteiger partial charge on any atom is -0.481 e. The first-order valence-electron chi connectivity index (χ1n) is 10.6. The standard InChI is InChI=1S/C24H34O2/c1-18-6-10-20(11-7-18)22-14-16-23(17-15-22)21-12-8-19(9-13-21)4-2-3-5-24(25)26/h2,4,6-7,10-11,19,21-23H,3,5,8-9,12-17H2,1H3,(H,25,26). The summed E-state index contributed by atoms with van der Waals surface area (Å²) in [5.41, 5.74) is 2.90. The van der Waals surface area contributed by atoms with Gasteiger partial charge in [0.05, 0.1) is 0 Å². The minimum absolute atomic E-state index is 0.260. The summed E-state index contributed by atoms with van der Waals surface area (Å²) < 4.78 is 0. The summed E-state index contributed by atoms with van der Waals surface area (Å²) in [6.07, 6.45) is 16.2. The Balaban J connectivity index is 1.39. The number of aliphatic carboxylic acids is 1. The molecule has 2 saturated carbocycles. The molecule has 0 bridgehead atoms. The number of carboxylic acids is 1. The smallest absolute Gasteiger partial charge is 0.303 e. The molecule has 2 aliphatic carbocycles. The molecule has 26 heavy (non-hydrogen) atoms. The first kappa shape index (κ1) is 19.2. The molecule has 0 saturated heterocycles.